The average molecular weight is 380 g/mol. The van der Waals surface area contributed by atoms with Gasteiger partial charge in [-0.25, -0.2) is 8.78 Å². The van der Waals surface area contributed by atoms with Crippen LogP contribution in [-0.4, -0.2) is 5.97 Å². The molecule has 24 heavy (non-hydrogen) atoms. The van der Waals surface area contributed by atoms with Gasteiger partial charge in [0.2, 0.25) is 0 Å². The van der Waals surface area contributed by atoms with E-state index in [4.69, 9.17) is 17.0 Å². The number of hydrogen-bond donors (Lipinski definition) is 0. The second-order valence-electron chi connectivity index (χ2n) is 4.91. The molecule has 0 aliphatic rings. The van der Waals surface area contributed by atoms with E-state index in [1.54, 1.807) is 24.3 Å². The number of halogens is 2. The SMILES string of the molecule is CC(=O)Oc1ccc(-c2c(-c3ccc(F)c(F)c3)ssc2=S)cc1. The molecule has 0 unspecified atom stereocenters. The summed E-state index contributed by atoms with van der Waals surface area (Å²) in [5, 5.41) is 0. The van der Waals surface area contributed by atoms with Gasteiger partial charge in [0.25, 0.3) is 0 Å². The first-order valence-corrected chi connectivity index (χ1v) is 9.39. The number of esters is 1. The van der Waals surface area contributed by atoms with E-state index >= 15 is 0 Å². The van der Waals surface area contributed by atoms with Gasteiger partial charge in [-0.05, 0) is 35.4 Å². The summed E-state index contributed by atoms with van der Waals surface area (Å²) in [5.41, 5.74) is 2.19. The van der Waals surface area contributed by atoms with Gasteiger partial charge in [0.1, 0.15) is 9.57 Å². The maximum atomic E-state index is 13.5. The second-order valence-corrected chi connectivity index (χ2v) is 7.72. The summed E-state index contributed by atoms with van der Waals surface area (Å²) in [4.78, 5) is 11.8. The van der Waals surface area contributed by atoms with Gasteiger partial charge in [-0.3, -0.25) is 4.79 Å². The van der Waals surface area contributed by atoms with Crippen LogP contribution in [0.4, 0.5) is 8.78 Å². The van der Waals surface area contributed by atoms with Crippen LogP contribution in [0.2, 0.25) is 0 Å². The molecule has 7 heteroatoms. The van der Waals surface area contributed by atoms with Crippen molar-refractivity contribution in [2.75, 3.05) is 0 Å². The van der Waals surface area contributed by atoms with Crippen molar-refractivity contribution in [2.45, 2.75) is 6.92 Å². The van der Waals surface area contributed by atoms with Crippen LogP contribution in [0.15, 0.2) is 42.5 Å². The fraction of sp³-hybridized carbons (Fsp3) is 0.0588. The van der Waals surface area contributed by atoms with Gasteiger partial charge in [-0.2, -0.15) is 0 Å². The summed E-state index contributed by atoms with van der Waals surface area (Å²) in [6.45, 7) is 1.33. The third-order valence-electron chi connectivity index (χ3n) is 3.22. The van der Waals surface area contributed by atoms with Crippen LogP contribution in [0, 0.1) is 15.5 Å². The van der Waals surface area contributed by atoms with Crippen LogP contribution in [0.3, 0.4) is 0 Å². The predicted molar refractivity (Wildman–Crippen MR) is 95.1 cm³/mol. The molecule has 3 aromatic rings. The Hall–Kier alpha value is -1.96. The number of ether oxygens (including phenoxy) is 1. The maximum Gasteiger partial charge on any atom is 0.308 e. The molecule has 122 valence electrons. The average Bonchev–Trinajstić information content (AvgIpc) is 2.92. The Balaban J connectivity index is 2.05. The maximum absolute atomic E-state index is 13.5. The lowest BCUT2D eigenvalue weighted by Gasteiger charge is -2.06. The first-order valence-electron chi connectivity index (χ1n) is 6.83. The van der Waals surface area contributed by atoms with E-state index in [9.17, 15) is 13.6 Å². The second kappa shape index (κ2) is 6.88. The Morgan fingerprint density at radius 3 is 2.29 bits per heavy atom. The zero-order valence-corrected chi connectivity index (χ0v) is 14.8. The lowest BCUT2D eigenvalue weighted by atomic mass is 10.0. The summed E-state index contributed by atoms with van der Waals surface area (Å²) in [6.07, 6.45) is 0. The van der Waals surface area contributed by atoms with Crippen molar-refractivity contribution in [3.63, 3.8) is 0 Å². The Morgan fingerprint density at radius 2 is 1.67 bits per heavy atom. The number of carbonyl (C=O) groups is 1. The smallest absolute Gasteiger partial charge is 0.308 e. The van der Waals surface area contributed by atoms with Gasteiger partial charge in [0, 0.05) is 12.5 Å². The van der Waals surface area contributed by atoms with Crippen LogP contribution in [0.1, 0.15) is 6.92 Å². The normalized spacial score (nSPS) is 10.6. The molecule has 0 atom stereocenters. The van der Waals surface area contributed by atoms with Crippen molar-refractivity contribution >= 4 is 38.9 Å². The highest BCUT2D eigenvalue weighted by atomic mass is 32.9. The van der Waals surface area contributed by atoms with Gasteiger partial charge < -0.3 is 4.74 Å². The largest absolute Gasteiger partial charge is 0.427 e. The van der Waals surface area contributed by atoms with E-state index in [1.165, 1.54) is 39.7 Å². The van der Waals surface area contributed by atoms with Crippen molar-refractivity contribution in [1.29, 1.82) is 0 Å². The number of rotatable bonds is 3. The highest BCUT2D eigenvalue weighted by Gasteiger charge is 2.15. The minimum atomic E-state index is -0.895. The molecule has 0 aliphatic carbocycles. The molecular formula is C17H10F2O2S3. The Morgan fingerprint density at radius 1 is 1.00 bits per heavy atom. The molecule has 1 heterocycles. The van der Waals surface area contributed by atoms with E-state index in [0.717, 1.165) is 22.1 Å². The Bertz CT molecular complexity index is 959. The summed E-state index contributed by atoms with van der Waals surface area (Å²) in [6, 6.07) is 10.7. The molecule has 2 nitrogen and oxygen atoms in total. The third kappa shape index (κ3) is 3.43. The van der Waals surface area contributed by atoms with Gasteiger partial charge >= 0.3 is 5.97 Å². The Labute approximate surface area is 149 Å². The molecule has 1 aromatic heterocycles. The molecule has 0 saturated heterocycles. The lowest BCUT2D eigenvalue weighted by molar-refractivity contribution is -0.131. The summed E-state index contributed by atoms with van der Waals surface area (Å²) in [5.74, 6) is -1.74. The van der Waals surface area contributed by atoms with E-state index in [0.29, 0.717) is 15.1 Å². The van der Waals surface area contributed by atoms with E-state index in [-0.39, 0.29) is 0 Å². The lowest BCUT2D eigenvalue weighted by Crippen LogP contribution is -2.00. The highest BCUT2D eigenvalue weighted by Crippen LogP contribution is 2.41. The third-order valence-corrected chi connectivity index (χ3v) is 6.28. The first-order chi connectivity index (χ1) is 11.5. The zero-order chi connectivity index (χ0) is 17.3. The Kier molecular flexibility index (Phi) is 4.84. The predicted octanol–water partition coefficient (Wildman–Crippen LogP) is 6.08. The summed E-state index contributed by atoms with van der Waals surface area (Å²) >= 11 is 5.39. The minimum absolute atomic E-state index is 0.396. The highest BCUT2D eigenvalue weighted by molar-refractivity contribution is 7.80. The quantitative estimate of drug-likeness (QED) is 0.238. The molecule has 3 rings (SSSR count). The fourth-order valence-electron chi connectivity index (χ4n) is 2.19. The fourth-order valence-corrected chi connectivity index (χ4v) is 5.10. The zero-order valence-electron chi connectivity index (χ0n) is 12.3. The van der Waals surface area contributed by atoms with Crippen LogP contribution < -0.4 is 4.74 Å². The monoisotopic (exact) mass is 380 g/mol. The van der Waals surface area contributed by atoms with E-state index in [1.807, 2.05) is 0 Å². The molecule has 0 fully saturated rings. The molecule has 0 N–H and O–H groups in total. The first kappa shape index (κ1) is 16.9. The molecule has 0 amide bonds. The number of hydrogen-bond acceptors (Lipinski definition) is 5. The van der Waals surface area contributed by atoms with Crippen LogP contribution in [-0.2, 0) is 4.79 Å². The van der Waals surface area contributed by atoms with Crippen LogP contribution in [0.5, 0.6) is 5.75 Å². The van der Waals surface area contributed by atoms with E-state index < -0.39 is 17.6 Å². The molecule has 0 spiro atoms. The topological polar surface area (TPSA) is 26.3 Å². The van der Waals surface area contributed by atoms with Crippen molar-refractivity contribution < 1.29 is 18.3 Å². The van der Waals surface area contributed by atoms with Crippen molar-refractivity contribution in [2.24, 2.45) is 0 Å². The summed E-state index contributed by atoms with van der Waals surface area (Å²) in [7, 11) is 2.82. The number of benzene rings is 2. The van der Waals surface area contributed by atoms with Gasteiger partial charge in [-0.15, -0.1) is 0 Å². The van der Waals surface area contributed by atoms with Gasteiger partial charge in [0.05, 0.1) is 4.88 Å². The van der Waals surface area contributed by atoms with Crippen molar-refractivity contribution in [3.05, 3.63) is 57.9 Å². The molecule has 0 radical (unpaired) electrons. The van der Waals surface area contributed by atoms with Crippen LogP contribution >= 0.6 is 32.9 Å². The van der Waals surface area contributed by atoms with Crippen molar-refractivity contribution in [1.82, 2.24) is 0 Å². The number of carbonyl (C=O) groups excluding carboxylic acids is 1. The molecule has 0 aliphatic heterocycles. The standard InChI is InChI=1S/C17H10F2O2S3/c1-9(20)21-12-5-2-10(3-6-12)15-16(23-24-17(15)22)11-4-7-13(18)14(19)8-11/h2-8H,1H3. The van der Waals surface area contributed by atoms with Crippen LogP contribution in [0.25, 0.3) is 21.6 Å². The van der Waals surface area contributed by atoms with E-state index in [2.05, 4.69) is 0 Å². The van der Waals surface area contributed by atoms with Crippen molar-refractivity contribution in [3.8, 4) is 27.3 Å². The molecule has 0 bridgehead atoms. The summed E-state index contributed by atoms with van der Waals surface area (Å²) < 4.78 is 32.4. The van der Waals surface area contributed by atoms with Gasteiger partial charge in [0.15, 0.2) is 11.6 Å². The minimum Gasteiger partial charge on any atom is -0.427 e. The molecule has 2 aromatic carbocycles. The van der Waals surface area contributed by atoms with Gasteiger partial charge in [-0.1, -0.05) is 51.1 Å². The molecular weight excluding hydrogens is 370 g/mol. The molecule has 0 saturated carbocycles.